The summed E-state index contributed by atoms with van der Waals surface area (Å²) in [5.74, 6) is 1.21. The Morgan fingerprint density at radius 3 is 3.05 bits per heavy atom. The van der Waals surface area contributed by atoms with Gasteiger partial charge in [0, 0.05) is 28.9 Å². The summed E-state index contributed by atoms with van der Waals surface area (Å²) in [6, 6.07) is 4.54. The zero-order valence-corrected chi connectivity index (χ0v) is 14.1. The molecule has 0 aliphatic heterocycles. The van der Waals surface area contributed by atoms with E-state index in [9.17, 15) is 9.18 Å². The summed E-state index contributed by atoms with van der Waals surface area (Å²) in [4.78, 5) is 11.7. The molecule has 4 heteroatoms. The highest BCUT2D eigenvalue weighted by atomic mass is 35.5. The molecule has 1 nitrogen and oxygen atoms in total. The molecule has 1 aromatic rings. The van der Waals surface area contributed by atoms with Crippen LogP contribution in [0.4, 0.5) is 4.39 Å². The van der Waals surface area contributed by atoms with Crippen molar-refractivity contribution in [3.63, 3.8) is 0 Å². The summed E-state index contributed by atoms with van der Waals surface area (Å²) in [6.07, 6.45) is 6.09. The molecule has 0 saturated heterocycles. The third-order valence-electron chi connectivity index (χ3n) is 4.02. The molecule has 0 heterocycles. The Balaban J connectivity index is 1.95. The lowest BCUT2D eigenvalue weighted by Gasteiger charge is -2.30. The molecule has 1 saturated carbocycles. The number of carbonyl (C=O) groups is 1. The van der Waals surface area contributed by atoms with Crippen molar-refractivity contribution in [2.75, 3.05) is 0 Å². The fourth-order valence-electron chi connectivity index (χ4n) is 2.81. The number of hydrogen-bond acceptors (Lipinski definition) is 2. The Morgan fingerprint density at radius 1 is 1.50 bits per heavy atom. The van der Waals surface area contributed by atoms with Gasteiger partial charge in [-0.3, -0.25) is 4.79 Å². The molecule has 0 spiro atoms. The van der Waals surface area contributed by atoms with Gasteiger partial charge in [0.05, 0.1) is 0 Å². The third kappa shape index (κ3) is 5.01. The van der Waals surface area contributed by atoms with E-state index in [1.807, 2.05) is 17.8 Å². The predicted molar refractivity (Wildman–Crippen MR) is 91.8 cm³/mol. The Morgan fingerprint density at radius 2 is 2.32 bits per heavy atom. The lowest BCUT2D eigenvalue weighted by molar-refractivity contribution is -0.121. The first-order chi connectivity index (χ1) is 10.6. The standard InChI is InChI=1S/C18H20ClFOS/c1-2-3-4-5-13-10-16(21)8-9-18(13)22-12-14-6-7-15(20)11-17(14)19/h3,6-7,11,13,18H,1,4-5,8-10,12H2. The molecule has 0 aromatic heterocycles. The van der Waals surface area contributed by atoms with Crippen molar-refractivity contribution >= 4 is 29.1 Å². The molecular formula is C18H20ClFOS. The first-order valence-corrected chi connectivity index (χ1v) is 8.94. The highest BCUT2D eigenvalue weighted by molar-refractivity contribution is 7.99. The van der Waals surface area contributed by atoms with Crippen molar-refractivity contribution in [1.82, 2.24) is 0 Å². The summed E-state index contributed by atoms with van der Waals surface area (Å²) < 4.78 is 13.1. The molecule has 118 valence electrons. The Bertz CT molecular complexity index is 580. The molecule has 2 atom stereocenters. The molecule has 2 rings (SSSR count). The van der Waals surface area contributed by atoms with Crippen molar-refractivity contribution in [3.05, 3.63) is 53.0 Å². The zero-order valence-electron chi connectivity index (χ0n) is 12.5. The second-order valence-electron chi connectivity index (χ2n) is 5.61. The molecule has 1 fully saturated rings. The lowest BCUT2D eigenvalue weighted by atomic mass is 9.85. The number of thioether (sulfide) groups is 1. The van der Waals surface area contributed by atoms with E-state index in [4.69, 9.17) is 11.6 Å². The summed E-state index contributed by atoms with van der Waals surface area (Å²) in [6.45, 7) is 3.57. The van der Waals surface area contributed by atoms with Gasteiger partial charge < -0.3 is 0 Å². The predicted octanol–water partition coefficient (Wildman–Crippen LogP) is 5.57. The molecule has 1 aliphatic carbocycles. The van der Waals surface area contributed by atoms with Gasteiger partial charge in [0.2, 0.25) is 0 Å². The number of ketones is 1. The Kier molecular flexibility index (Phi) is 6.75. The van der Waals surface area contributed by atoms with Crippen LogP contribution in [0.25, 0.3) is 0 Å². The average Bonchev–Trinajstić information content (AvgIpc) is 2.48. The van der Waals surface area contributed by atoms with E-state index < -0.39 is 0 Å². The number of halogens is 2. The van der Waals surface area contributed by atoms with E-state index in [0.717, 1.165) is 30.6 Å². The molecule has 1 aliphatic rings. The largest absolute Gasteiger partial charge is 0.300 e. The van der Waals surface area contributed by atoms with Crippen LogP contribution in [-0.2, 0) is 10.5 Å². The van der Waals surface area contributed by atoms with E-state index in [1.54, 1.807) is 6.07 Å². The Labute approximate surface area is 140 Å². The van der Waals surface area contributed by atoms with Gasteiger partial charge in [0.1, 0.15) is 11.6 Å². The average molecular weight is 339 g/mol. The minimum atomic E-state index is -0.309. The molecule has 0 bridgehead atoms. The first-order valence-electron chi connectivity index (χ1n) is 7.51. The van der Waals surface area contributed by atoms with Gasteiger partial charge in [-0.2, -0.15) is 11.8 Å². The summed E-state index contributed by atoms with van der Waals surface area (Å²) >= 11 is 7.91. The normalized spacial score (nSPS) is 21.5. The van der Waals surface area contributed by atoms with Crippen molar-refractivity contribution in [1.29, 1.82) is 0 Å². The summed E-state index contributed by atoms with van der Waals surface area (Å²) in [7, 11) is 0. The van der Waals surface area contributed by atoms with Crippen molar-refractivity contribution in [2.45, 2.75) is 43.1 Å². The maximum absolute atomic E-state index is 13.1. The van der Waals surface area contributed by atoms with E-state index in [1.165, 1.54) is 12.1 Å². The number of hydrogen-bond donors (Lipinski definition) is 0. The van der Waals surface area contributed by atoms with Crippen LogP contribution in [0.1, 0.15) is 37.7 Å². The van der Waals surface area contributed by atoms with Crippen molar-refractivity contribution < 1.29 is 9.18 Å². The van der Waals surface area contributed by atoms with Gasteiger partial charge >= 0.3 is 0 Å². The van der Waals surface area contributed by atoms with Gasteiger partial charge in [-0.15, -0.1) is 5.73 Å². The lowest BCUT2D eigenvalue weighted by Crippen LogP contribution is -2.27. The number of rotatable bonds is 6. The van der Waals surface area contributed by atoms with E-state index in [-0.39, 0.29) is 5.82 Å². The maximum Gasteiger partial charge on any atom is 0.133 e. The van der Waals surface area contributed by atoms with Gasteiger partial charge in [0.25, 0.3) is 0 Å². The minimum Gasteiger partial charge on any atom is -0.300 e. The van der Waals surface area contributed by atoms with Crippen LogP contribution < -0.4 is 0 Å². The minimum absolute atomic E-state index is 0.309. The van der Waals surface area contributed by atoms with Gasteiger partial charge in [-0.1, -0.05) is 24.2 Å². The van der Waals surface area contributed by atoms with E-state index in [2.05, 4.69) is 12.3 Å². The van der Waals surface area contributed by atoms with Crippen LogP contribution in [-0.4, -0.2) is 11.0 Å². The quantitative estimate of drug-likeness (QED) is 0.630. The number of carbonyl (C=O) groups excluding carboxylic acids is 1. The maximum atomic E-state index is 13.1. The van der Waals surface area contributed by atoms with Crippen LogP contribution in [0.5, 0.6) is 0 Å². The van der Waals surface area contributed by atoms with Gasteiger partial charge in [0.15, 0.2) is 0 Å². The molecule has 0 radical (unpaired) electrons. The molecule has 0 amide bonds. The number of benzene rings is 1. The topological polar surface area (TPSA) is 17.1 Å². The van der Waals surface area contributed by atoms with Gasteiger partial charge in [-0.05, 0) is 49.0 Å². The van der Waals surface area contributed by atoms with Crippen LogP contribution in [0, 0.1) is 11.7 Å². The second-order valence-corrected chi connectivity index (χ2v) is 7.25. The zero-order chi connectivity index (χ0) is 15.9. The molecular weight excluding hydrogens is 319 g/mol. The van der Waals surface area contributed by atoms with Crippen LogP contribution in [0.3, 0.4) is 0 Å². The number of Topliss-reactive ketones (excluding diaryl/α,β-unsaturated/α-hetero) is 1. The fourth-order valence-corrected chi connectivity index (χ4v) is 4.55. The SMILES string of the molecule is C=C=CCCC1CC(=O)CCC1SCc1ccc(F)cc1Cl. The first kappa shape index (κ1) is 17.3. The molecule has 1 aromatic carbocycles. The Hall–Kier alpha value is -1.02. The van der Waals surface area contributed by atoms with Gasteiger partial charge in [-0.25, -0.2) is 4.39 Å². The molecule has 2 unspecified atom stereocenters. The molecule has 22 heavy (non-hydrogen) atoms. The number of allylic oxidation sites excluding steroid dienone is 1. The van der Waals surface area contributed by atoms with Crippen LogP contribution in [0.15, 0.2) is 36.6 Å². The molecule has 0 N–H and O–H groups in total. The van der Waals surface area contributed by atoms with Crippen molar-refractivity contribution in [2.24, 2.45) is 5.92 Å². The highest BCUT2D eigenvalue weighted by Crippen LogP contribution is 2.37. The van der Waals surface area contributed by atoms with E-state index >= 15 is 0 Å². The third-order valence-corrected chi connectivity index (χ3v) is 5.90. The fraction of sp³-hybridized carbons (Fsp3) is 0.444. The summed E-state index contributed by atoms with van der Waals surface area (Å²) in [5.41, 5.74) is 3.74. The van der Waals surface area contributed by atoms with E-state index in [0.29, 0.717) is 34.8 Å². The monoisotopic (exact) mass is 338 g/mol. The van der Waals surface area contributed by atoms with Crippen molar-refractivity contribution in [3.8, 4) is 0 Å². The van der Waals surface area contributed by atoms with Crippen LogP contribution in [0.2, 0.25) is 5.02 Å². The summed E-state index contributed by atoms with van der Waals surface area (Å²) in [5, 5.41) is 0.933. The smallest absolute Gasteiger partial charge is 0.133 e. The second kappa shape index (κ2) is 8.57. The van der Waals surface area contributed by atoms with Crippen LogP contribution >= 0.6 is 23.4 Å². The highest BCUT2D eigenvalue weighted by Gasteiger charge is 2.29.